The lowest BCUT2D eigenvalue weighted by molar-refractivity contribution is -0.106. The molecule has 0 spiro atoms. The van der Waals surface area contributed by atoms with Crippen molar-refractivity contribution < 1.29 is 4.74 Å². The highest BCUT2D eigenvalue weighted by Gasteiger charge is 2.45. The van der Waals surface area contributed by atoms with E-state index in [0.29, 0.717) is 5.41 Å². The maximum Gasteiger partial charge on any atom is 0.0877 e. The normalized spacial score (nSPS) is 21.9. The second-order valence-electron chi connectivity index (χ2n) is 6.89. The third-order valence-electron chi connectivity index (χ3n) is 4.89. The minimum absolute atomic E-state index is 0.0854. The van der Waals surface area contributed by atoms with Crippen molar-refractivity contribution in [1.29, 1.82) is 0 Å². The largest absolute Gasteiger partial charge is 0.398 e. The molecule has 4 heteroatoms. The van der Waals surface area contributed by atoms with Crippen LogP contribution in [0.1, 0.15) is 58.1 Å². The quantitative estimate of drug-likeness (QED) is 0.874. The Morgan fingerprint density at radius 1 is 1.33 bits per heavy atom. The van der Waals surface area contributed by atoms with Gasteiger partial charge >= 0.3 is 0 Å². The number of hydrogen-bond acceptors (Lipinski definition) is 4. The molecule has 0 aliphatic heterocycles. The third kappa shape index (κ3) is 3.38. The highest BCUT2D eigenvalue weighted by molar-refractivity contribution is 5.47. The van der Waals surface area contributed by atoms with Crippen molar-refractivity contribution in [1.82, 2.24) is 10.3 Å². The zero-order valence-electron chi connectivity index (χ0n) is 13.8. The van der Waals surface area contributed by atoms with Crippen LogP contribution in [0, 0.1) is 5.41 Å². The Morgan fingerprint density at radius 2 is 2.00 bits per heavy atom. The summed E-state index contributed by atoms with van der Waals surface area (Å²) in [5.74, 6) is 0. The van der Waals surface area contributed by atoms with Crippen LogP contribution in [0.2, 0.25) is 0 Å². The number of ether oxygens (including phenoxy) is 1. The predicted octanol–water partition coefficient (Wildman–Crippen LogP) is 3.30. The van der Waals surface area contributed by atoms with Gasteiger partial charge in [0.2, 0.25) is 0 Å². The Kier molecular flexibility index (Phi) is 4.89. The molecule has 1 aliphatic carbocycles. The lowest BCUT2D eigenvalue weighted by Crippen LogP contribution is -2.49. The lowest BCUT2D eigenvalue weighted by Gasteiger charge is -2.47. The minimum Gasteiger partial charge on any atom is -0.398 e. The molecule has 1 aromatic heterocycles. The van der Waals surface area contributed by atoms with Crippen LogP contribution in [0.4, 0.5) is 5.69 Å². The van der Waals surface area contributed by atoms with Crippen LogP contribution in [0.5, 0.6) is 0 Å². The number of nitrogens with zero attached hydrogens (tertiary/aromatic N) is 1. The standard InChI is InChI=1S/C17H29N3O/c1-5-21-17(9-7-16(2,3)8-10-17)15(19-4)13-12-20-11-6-14(13)18/h6,11-12,15,19H,5,7-10H2,1-4H3,(H2,18,20). The summed E-state index contributed by atoms with van der Waals surface area (Å²) in [4.78, 5) is 4.25. The number of nitrogen functional groups attached to an aromatic ring is 1. The molecule has 0 amide bonds. The van der Waals surface area contributed by atoms with Gasteiger partial charge in [-0.05, 0) is 51.1 Å². The van der Waals surface area contributed by atoms with E-state index in [1.165, 1.54) is 12.8 Å². The van der Waals surface area contributed by atoms with Gasteiger partial charge in [-0.25, -0.2) is 0 Å². The topological polar surface area (TPSA) is 60.2 Å². The molecule has 0 saturated heterocycles. The molecule has 3 N–H and O–H groups in total. The average Bonchev–Trinajstić information content (AvgIpc) is 2.45. The van der Waals surface area contributed by atoms with E-state index in [4.69, 9.17) is 10.5 Å². The second kappa shape index (κ2) is 6.32. The second-order valence-corrected chi connectivity index (χ2v) is 6.89. The maximum absolute atomic E-state index is 6.28. The predicted molar refractivity (Wildman–Crippen MR) is 87.1 cm³/mol. The third-order valence-corrected chi connectivity index (χ3v) is 4.89. The Balaban J connectivity index is 2.34. The van der Waals surface area contributed by atoms with Gasteiger partial charge in [-0.1, -0.05) is 13.8 Å². The molecular formula is C17H29N3O. The number of rotatable bonds is 5. The molecule has 118 valence electrons. The highest BCUT2D eigenvalue weighted by Crippen LogP contribution is 2.48. The summed E-state index contributed by atoms with van der Waals surface area (Å²) in [5.41, 5.74) is 8.23. The highest BCUT2D eigenvalue weighted by atomic mass is 16.5. The van der Waals surface area contributed by atoms with E-state index >= 15 is 0 Å². The summed E-state index contributed by atoms with van der Waals surface area (Å²) >= 11 is 0. The molecular weight excluding hydrogens is 262 g/mol. The summed E-state index contributed by atoms with van der Waals surface area (Å²) in [6.07, 6.45) is 8.05. The van der Waals surface area contributed by atoms with Gasteiger partial charge in [-0.15, -0.1) is 0 Å². The zero-order valence-corrected chi connectivity index (χ0v) is 13.8. The average molecular weight is 291 g/mol. The van der Waals surface area contributed by atoms with E-state index in [1.54, 1.807) is 6.20 Å². The number of aromatic nitrogens is 1. The molecule has 1 saturated carbocycles. The van der Waals surface area contributed by atoms with Gasteiger partial charge in [0.25, 0.3) is 0 Å². The van der Waals surface area contributed by atoms with Crippen molar-refractivity contribution in [3.8, 4) is 0 Å². The van der Waals surface area contributed by atoms with E-state index in [9.17, 15) is 0 Å². The summed E-state index contributed by atoms with van der Waals surface area (Å²) in [5, 5.41) is 3.44. The number of likely N-dealkylation sites (N-methyl/N-ethyl adjacent to an activating group) is 1. The minimum atomic E-state index is -0.184. The Bertz CT molecular complexity index is 463. The monoisotopic (exact) mass is 291 g/mol. The van der Waals surface area contributed by atoms with Gasteiger partial charge in [-0.2, -0.15) is 0 Å². The van der Waals surface area contributed by atoms with E-state index in [1.807, 2.05) is 19.3 Å². The van der Waals surface area contributed by atoms with Crippen LogP contribution in [-0.2, 0) is 4.74 Å². The summed E-state index contributed by atoms with van der Waals surface area (Å²) in [6, 6.07) is 1.95. The summed E-state index contributed by atoms with van der Waals surface area (Å²) < 4.78 is 6.28. The van der Waals surface area contributed by atoms with E-state index in [-0.39, 0.29) is 11.6 Å². The van der Waals surface area contributed by atoms with Crippen LogP contribution in [0.3, 0.4) is 0 Å². The van der Waals surface area contributed by atoms with Crippen molar-refractivity contribution in [2.24, 2.45) is 5.41 Å². The van der Waals surface area contributed by atoms with Crippen LogP contribution < -0.4 is 11.1 Å². The van der Waals surface area contributed by atoms with Crippen molar-refractivity contribution in [2.75, 3.05) is 19.4 Å². The molecule has 0 bridgehead atoms. The molecule has 4 nitrogen and oxygen atoms in total. The molecule has 0 radical (unpaired) electrons. The fourth-order valence-electron chi connectivity index (χ4n) is 3.51. The van der Waals surface area contributed by atoms with Gasteiger partial charge in [0, 0.05) is 30.3 Å². The fraction of sp³-hybridized carbons (Fsp3) is 0.706. The molecule has 1 unspecified atom stereocenters. The number of anilines is 1. The number of pyridine rings is 1. The van der Waals surface area contributed by atoms with Crippen LogP contribution in [0.25, 0.3) is 0 Å². The van der Waals surface area contributed by atoms with Crippen molar-refractivity contribution in [2.45, 2.75) is 58.1 Å². The summed E-state index contributed by atoms with van der Waals surface area (Å²) in [7, 11) is 1.98. The molecule has 1 aliphatic rings. The van der Waals surface area contributed by atoms with Crippen LogP contribution >= 0.6 is 0 Å². The van der Waals surface area contributed by atoms with Crippen molar-refractivity contribution in [3.05, 3.63) is 24.0 Å². The molecule has 21 heavy (non-hydrogen) atoms. The summed E-state index contributed by atoms with van der Waals surface area (Å²) in [6.45, 7) is 7.48. The molecule has 0 aromatic carbocycles. The van der Waals surface area contributed by atoms with Gasteiger partial charge < -0.3 is 15.8 Å². The molecule has 1 aromatic rings. The Hall–Kier alpha value is -1.13. The SMILES string of the molecule is CCOC1(C(NC)c2cnccc2N)CCC(C)(C)CC1. The van der Waals surface area contributed by atoms with E-state index in [0.717, 1.165) is 30.7 Å². The number of nitrogens with two attached hydrogens (primary N) is 1. The maximum atomic E-state index is 6.28. The first-order valence-corrected chi connectivity index (χ1v) is 7.95. The van der Waals surface area contributed by atoms with Gasteiger partial charge in [0.05, 0.1) is 11.6 Å². The number of nitrogens with one attached hydrogen (secondary N) is 1. The number of hydrogen-bond donors (Lipinski definition) is 2. The Morgan fingerprint density at radius 3 is 2.52 bits per heavy atom. The van der Waals surface area contributed by atoms with Crippen molar-refractivity contribution >= 4 is 5.69 Å². The van der Waals surface area contributed by atoms with E-state index in [2.05, 4.69) is 31.1 Å². The molecule has 1 heterocycles. The molecule has 1 fully saturated rings. The fourth-order valence-corrected chi connectivity index (χ4v) is 3.51. The molecule has 1 atom stereocenters. The first kappa shape index (κ1) is 16.2. The molecule has 2 rings (SSSR count). The zero-order chi connectivity index (χ0) is 15.5. The van der Waals surface area contributed by atoms with Crippen LogP contribution in [-0.4, -0.2) is 24.2 Å². The van der Waals surface area contributed by atoms with E-state index < -0.39 is 0 Å². The van der Waals surface area contributed by atoms with Gasteiger partial charge in [0.1, 0.15) is 0 Å². The first-order chi connectivity index (χ1) is 9.94. The van der Waals surface area contributed by atoms with Crippen molar-refractivity contribution in [3.63, 3.8) is 0 Å². The van der Waals surface area contributed by atoms with Gasteiger partial charge in [-0.3, -0.25) is 4.98 Å². The first-order valence-electron chi connectivity index (χ1n) is 7.95. The lowest BCUT2D eigenvalue weighted by atomic mass is 9.67. The smallest absolute Gasteiger partial charge is 0.0877 e. The Labute approximate surface area is 128 Å². The van der Waals surface area contributed by atoms with Crippen LogP contribution in [0.15, 0.2) is 18.5 Å². The van der Waals surface area contributed by atoms with Gasteiger partial charge in [0.15, 0.2) is 0 Å².